The van der Waals surface area contributed by atoms with Gasteiger partial charge in [-0.05, 0) is 52.1 Å². The Balaban J connectivity index is 1.74. The van der Waals surface area contributed by atoms with Crippen molar-refractivity contribution in [2.24, 2.45) is 0 Å². The van der Waals surface area contributed by atoms with Crippen LogP contribution in [0, 0.1) is 11.3 Å². The molecule has 1 amide bonds. The molecule has 3 aromatic rings. The molecular weight excluding hydrogens is 336 g/mol. The molecule has 0 bridgehead atoms. The molecule has 1 aliphatic rings. The lowest BCUT2D eigenvalue weighted by Gasteiger charge is -2.11. The third-order valence-corrected chi connectivity index (χ3v) is 4.98. The number of ether oxygens (including phenoxy) is 1. The molecular formula is C23H20N2O2. The molecule has 1 atom stereocenters. The molecule has 1 aliphatic heterocycles. The average Bonchev–Trinajstić information content (AvgIpc) is 3.23. The topological polar surface area (TPSA) is 62.1 Å². The Morgan fingerprint density at radius 2 is 1.81 bits per heavy atom. The maximum atomic E-state index is 12.6. The van der Waals surface area contributed by atoms with Gasteiger partial charge in [0.05, 0.1) is 6.10 Å². The number of nitriles is 1. The first-order chi connectivity index (χ1) is 13.3. The monoisotopic (exact) mass is 356 g/mol. The van der Waals surface area contributed by atoms with E-state index >= 15 is 0 Å². The summed E-state index contributed by atoms with van der Waals surface area (Å²) in [6.07, 6.45) is 3.71. The van der Waals surface area contributed by atoms with E-state index < -0.39 is 0 Å². The Morgan fingerprint density at radius 1 is 1.15 bits per heavy atom. The van der Waals surface area contributed by atoms with Gasteiger partial charge in [0.2, 0.25) is 0 Å². The molecule has 1 heterocycles. The fourth-order valence-corrected chi connectivity index (χ4v) is 3.60. The minimum absolute atomic E-state index is 0.0484. The van der Waals surface area contributed by atoms with Crippen molar-refractivity contribution in [1.82, 2.24) is 5.32 Å². The van der Waals surface area contributed by atoms with Crippen LogP contribution in [0.15, 0.2) is 60.2 Å². The number of benzene rings is 3. The quantitative estimate of drug-likeness (QED) is 0.433. The molecule has 3 aromatic carbocycles. The summed E-state index contributed by atoms with van der Waals surface area (Å²) in [4.78, 5) is 12.6. The molecule has 0 aliphatic carbocycles. The zero-order valence-corrected chi connectivity index (χ0v) is 14.9. The van der Waals surface area contributed by atoms with E-state index in [4.69, 9.17) is 4.74 Å². The van der Waals surface area contributed by atoms with Crippen molar-refractivity contribution in [1.29, 1.82) is 5.26 Å². The van der Waals surface area contributed by atoms with Gasteiger partial charge >= 0.3 is 0 Å². The number of carbonyl (C=O) groups is 1. The Kier molecular flexibility index (Phi) is 4.86. The van der Waals surface area contributed by atoms with Crippen molar-refractivity contribution in [3.05, 3.63) is 65.7 Å². The van der Waals surface area contributed by atoms with Crippen molar-refractivity contribution in [3.63, 3.8) is 0 Å². The van der Waals surface area contributed by atoms with Crippen LogP contribution in [-0.2, 0) is 9.53 Å². The molecule has 1 unspecified atom stereocenters. The van der Waals surface area contributed by atoms with Gasteiger partial charge in [0.25, 0.3) is 5.91 Å². The summed E-state index contributed by atoms with van der Waals surface area (Å²) in [6.45, 7) is 1.18. The first-order valence-corrected chi connectivity index (χ1v) is 9.18. The lowest BCUT2D eigenvalue weighted by Crippen LogP contribution is -2.32. The highest BCUT2D eigenvalue weighted by molar-refractivity contribution is 6.11. The van der Waals surface area contributed by atoms with Crippen LogP contribution in [0.1, 0.15) is 18.4 Å². The van der Waals surface area contributed by atoms with E-state index in [9.17, 15) is 10.1 Å². The zero-order chi connectivity index (χ0) is 18.6. The SMILES string of the molecule is N#CC(=Cc1c2ccccc2cc2ccccc12)C(=O)NCC1CCCO1. The van der Waals surface area contributed by atoms with Gasteiger partial charge in [-0.25, -0.2) is 0 Å². The fourth-order valence-electron chi connectivity index (χ4n) is 3.60. The predicted octanol–water partition coefficient (Wildman–Crippen LogP) is 4.20. The molecule has 4 rings (SSSR count). The molecule has 4 nitrogen and oxygen atoms in total. The largest absolute Gasteiger partial charge is 0.376 e. The number of hydrogen-bond acceptors (Lipinski definition) is 3. The fraction of sp³-hybridized carbons (Fsp3) is 0.217. The minimum atomic E-state index is -0.356. The number of hydrogen-bond donors (Lipinski definition) is 1. The van der Waals surface area contributed by atoms with E-state index in [0.717, 1.165) is 46.6 Å². The standard InChI is InChI=1S/C23H20N2O2/c24-14-18(23(26)25-15-19-8-5-11-27-19)13-22-20-9-3-1-6-16(20)12-17-7-2-4-10-21(17)22/h1-4,6-7,9-10,12-13,19H,5,8,11,15H2,(H,25,26). The third-order valence-electron chi connectivity index (χ3n) is 4.98. The lowest BCUT2D eigenvalue weighted by molar-refractivity contribution is -0.117. The maximum Gasteiger partial charge on any atom is 0.262 e. The highest BCUT2D eigenvalue weighted by atomic mass is 16.5. The van der Waals surface area contributed by atoms with Crippen molar-refractivity contribution in [3.8, 4) is 6.07 Å². The number of amides is 1. The van der Waals surface area contributed by atoms with E-state index in [2.05, 4.69) is 17.5 Å². The molecule has 1 saturated heterocycles. The van der Waals surface area contributed by atoms with Crippen LogP contribution in [0.5, 0.6) is 0 Å². The first-order valence-electron chi connectivity index (χ1n) is 9.18. The smallest absolute Gasteiger partial charge is 0.262 e. The first kappa shape index (κ1) is 17.3. The molecule has 0 spiro atoms. The summed E-state index contributed by atoms with van der Waals surface area (Å²) in [5.41, 5.74) is 1.00. The summed E-state index contributed by atoms with van der Waals surface area (Å²) in [5, 5.41) is 16.6. The van der Waals surface area contributed by atoms with Gasteiger partial charge in [0.15, 0.2) is 0 Å². The lowest BCUT2D eigenvalue weighted by atomic mass is 9.95. The van der Waals surface area contributed by atoms with Crippen LogP contribution in [0.25, 0.3) is 27.6 Å². The number of carbonyl (C=O) groups excluding carboxylic acids is 1. The summed E-state index contributed by atoms with van der Waals surface area (Å²) in [6, 6.07) is 20.2. The van der Waals surface area contributed by atoms with Gasteiger partial charge < -0.3 is 10.1 Å². The van der Waals surface area contributed by atoms with Crippen LogP contribution in [0.2, 0.25) is 0 Å². The highest BCUT2D eigenvalue weighted by Gasteiger charge is 2.18. The predicted molar refractivity (Wildman–Crippen MR) is 107 cm³/mol. The Labute approximate surface area is 158 Å². The molecule has 1 fully saturated rings. The van der Waals surface area contributed by atoms with Gasteiger partial charge in [0.1, 0.15) is 11.6 Å². The molecule has 0 aromatic heterocycles. The second kappa shape index (κ2) is 7.61. The number of nitrogens with zero attached hydrogens (tertiary/aromatic N) is 1. The van der Waals surface area contributed by atoms with Crippen LogP contribution >= 0.6 is 0 Å². The van der Waals surface area contributed by atoms with Gasteiger partial charge in [0, 0.05) is 13.2 Å². The van der Waals surface area contributed by atoms with E-state index in [1.54, 1.807) is 6.08 Å². The second-order valence-corrected chi connectivity index (χ2v) is 6.75. The van der Waals surface area contributed by atoms with Crippen LogP contribution in [0.3, 0.4) is 0 Å². The van der Waals surface area contributed by atoms with Crippen molar-refractivity contribution >= 4 is 33.5 Å². The van der Waals surface area contributed by atoms with Crippen LogP contribution < -0.4 is 5.32 Å². The molecule has 4 heteroatoms. The Hall–Kier alpha value is -3.16. The van der Waals surface area contributed by atoms with E-state index in [-0.39, 0.29) is 17.6 Å². The van der Waals surface area contributed by atoms with Crippen molar-refractivity contribution in [2.45, 2.75) is 18.9 Å². The van der Waals surface area contributed by atoms with Gasteiger partial charge in [-0.3, -0.25) is 4.79 Å². The van der Waals surface area contributed by atoms with Gasteiger partial charge in [-0.15, -0.1) is 0 Å². The highest BCUT2D eigenvalue weighted by Crippen LogP contribution is 2.30. The Morgan fingerprint density at radius 3 is 2.41 bits per heavy atom. The van der Waals surface area contributed by atoms with Gasteiger partial charge in [-0.1, -0.05) is 48.5 Å². The number of fused-ring (bicyclic) bond motifs is 2. The average molecular weight is 356 g/mol. The normalized spacial score (nSPS) is 17.1. The summed E-state index contributed by atoms with van der Waals surface area (Å²) in [7, 11) is 0. The molecule has 0 saturated carbocycles. The Bertz CT molecular complexity index is 1020. The molecule has 134 valence electrons. The number of nitrogens with one attached hydrogen (secondary N) is 1. The maximum absolute atomic E-state index is 12.6. The van der Waals surface area contributed by atoms with Crippen molar-refractivity contribution < 1.29 is 9.53 Å². The zero-order valence-electron chi connectivity index (χ0n) is 14.9. The molecule has 0 radical (unpaired) electrons. The van der Waals surface area contributed by atoms with E-state index in [1.807, 2.05) is 48.5 Å². The molecule has 27 heavy (non-hydrogen) atoms. The second-order valence-electron chi connectivity index (χ2n) is 6.75. The van der Waals surface area contributed by atoms with E-state index in [0.29, 0.717) is 6.54 Å². The van der Waals surface area contributed by atoms with Crippen LogP contribution in [-0.4, -0.2) is 25.2 Å². The summed E-state index contributed by atoms with van der Waals surface area (Å²) in [5.74, 6) is -0.356. The number of rotatable bonds is 4. The van der Waals surface area contributed by atoms with E-state index in [1.165, 1.54) is 0 Å². The van der Waals surface area contributed by atoms with Gasteiger partial charge in [-0.2, -0.15) is 5.26 Å². The molecule has 1 N–H and O–H groups in total. The third kappa shape index (κ3) is 3.55. The van der Waals surface area contributed by atoms with Crippen molar-refractivity contribution in [2.75, 3.05) is 13.2 Å². The summed E-state index contributed by atoms with van der Waals surface area (Å²) < 4.78 is 5.53. The summed E-state index contributed by atoms with van der Waals surface area (Å²) >= 11 is 0. The van der Waals surface area contributed by atoms with Crippen LogP contribution in [0.4, 0.5) is 0 Å². The minimum Gasteiger partial charge on any atom is -0.376 e.